The summed E-state index contributed by atoms with van der Waals surface area (Å²) in [4.78, 5) is 17.5. The van der Waals surface area contributed by atoms with Crippen LogP contribution in [0.2, 0.25) is 0 Å². The second-order valence-electron chi connectivity index (χ2n) is 6.91. The largest absolute Gasteiger partial charge is 0.489 e. The van der Waals surface area contributed by atoms with Gasteiger partial charge in [0.2, 0.25) is 0 Å². The molecular formula is C22H28N2O3. The topological polar surface area (TPSA) is 62.7 Å². The maximum Gasteiger partial charge on any atom is 0.339 e. The number of pyridine rings is 1. The predicted octanol–water partition coefficient (Wildman–Crippen LogP) is 5.41. The second-order valence-corrected chi connectivity index (χ2v) is 6.91. The lowest BCUT2D eigenvalue weighted by Crippen LogP contribution is -2.19. The molecule has 0 spiro atoms. The van der Waals surface area contributed by atoms with Crippen molar-refractivity contribution in [3.8, 4) is 5.75 Å². The molecule has 2 rings (SSSR count). The van der Waals surface area contributed by atoms with Gasteiger partial charge in [0.05, 0.1) is 5.69 Å². The first-order valence-corrected chi connectivity index (χ1v) is 9.20. The Morgan fingerprint density at radius 3 is 2.63 bits per heavy atom. The van der Waals surface area contributed by atoms with Gasteiger partial charge < -0.3 is 14.7 Å². The molecule has 1 aromatic heterocycles. The molecule has 1 aromatic carbocycles. The summed E-state index contributed by atoms with van der Waals surface area (Å²) in [6, 6.07) is 7.79. The highest BCUT2D eigenvalue weighted by atomic mass is 16.5. The third-order valence-electron chi connectivity index (χ3n) is 4.30. The summed E-state index contributed by atoms with van der Waals surface area (Å²) in [6.45, 7) is 11.5. The first-order valence-electron chi connectivity index (χ1n) is 9.20. The molecule has 0 bridgehead atoms. The van der Waals surface area contributed by atoms with Gasteiger partial charge >= 0.3 is 5.97 Å². The number of rotatable bonds is 8. The quantitative estimate of drug-likeness (QED) is 0.632. The average Bonchev–Trinajstić information content (AvgIpc) is 2.62. The van der Waals surface area contributed by atoms with Gasteiger partial charge in [-0.3, -0.25) is 4.98 Å². The molecule has 1 heterocycles. The van der Waals surface area contributed by atoms with Gasteiger partial charge in [-0.15, -0.1) is 0 Å². The molecule has 0 saturated heterocycles. The number of aromatic nitrogens is 1. The zero-order chi connectivity index (χ0) is 20.0. The molecule has 0 aliphatic heterocycles. The zero-order valence-corrected chi connectivity index (χ0v) is 16.7. The molecule has 1 N–H and O–H groups in total. The fourth-order valence-corrected chi connectivity index (χ4v) is 2.87. The van der Waals surface area contributed by atoms with Crippen molar-refractivity contribution in [2.75, 3.05) is 18.1 Å². The minimum Gasteiger partial charge on any atom is -0.489 e. The smallest absolute Gasteiger partial charge is 0.339 e. The maximum atomic E-state index is 11.6. The number of carbonyl (C=O) groups is 1. The van der Waals surface area contributed by atoms with E-state index in [2.05, 4.69) is 24.9 Å². The van der Waals surface area contributed by atoms with Crippen LogP contribution in [0.5, 0.6) is 5.75 Å². The lowest BCUT2D eigenvalue weighted by Gasteiger charge is -2.26. The lowest BCUT2D eigenvalue weighted by molar-refractivity contribution is 0.0697. The fourth-order valence-electron chi connectivity index (χ4n) is 2.87. The Hall–Kier alpha value is -2.82. The average molecular weight is 368 g/mol. The highest BCUT2D eigenvalue weighted by Crippen LogP contribution is 2.35. The minimum absolute atomic E-state index is 0.180. The van der Waals surface area contributed by atoms with Crippen LogP contribution in [-0.2, 0) is 0 Å². The van der Waals surface area contributed by atoms with Gasteiger partial charge in [-0.1, -0.05) is 25.5 Å². The Bertz CT molecular complexity index is 824. The molecule has 0 fully saturated rings. The molecule has 0 radical (unpaired) electrons. The number of hydrogen-bond donors (Lipinski definition) is 1. The van der Waals surface area contributed by atoms with E-state index in [1.165, 1.54) is 11.8 Å². The fraction of sp³-hybridized carbons (Fsp3) is 0.364. The first-order chi connectivity index (χ1) is 12.8. The Morgan fingerprint density at radius 2 is 2.04 bits per heavy atom. The van der Waals surface area contributed by atoms with Crippen molar-refractivity contribution in [1.29, 1.82) is 0 Å². The van der Waals surface area contributed by atoms with Gasteiger partial charge in [-0.25, -0.2) is 4.79 Å². The Kier molecular flexibility index (Phi) is 6.99. The summed E-state index contributed by atoms with van der Waals surface area (Å²) >= 11 is 0. The maximum absolute atomic E-state index is 11.6. The number of allylic oxidation sites excluding steroid dienone is 1. The van der Waals surface area contributed by atoms with E-state index in [0.29, 0.717) is 24.8 Å². The molecule has 2 aromatic rings. The van der Waals surface area contributed by atoms with Crippen LogP contribution < -0.4 is 9.64 Å². The molecular weight excluding hydrogens is 340 g/mol. The molecule has 144 valence electrons. The van der Waals surface area contributed by atoms with Gasteiger partial charge in [0.25, 0.3) is 0 Å². The van der Waals surface area contributed by atoms with Crippen LogP contribution in [0.4, 0.5) is 11.4 Å². The molecule has 0 aliphatic carbocycles. The van der Waals surface area contributed by atoms with Crippen LogP contribution in [0.15, 0.2) is 48.3 Å². The van der Waals surface area contributed by atoms with Crippen molar-refractivity contribution in [2.45, 2.75) is 40.5 Å². The summed E-state index contributed by atoms with van der Waals surface area (Å²) < 4.78 is 6.03. The van der Waals surface area contributed by atoms with Crippen LogP contribution in [0, 0.1) is 0 Å². The van der Waals surface area contributed by atoms with Gasteiger partial charge in [0, 0.05) is 30.7 Å². The molecule has 0 unspecified atom stereocenters. The summed E-state index contributed by atoms with van der Waals surface area (Å²) in [5, 5.41) is 9.50. The van der Waals surface area contributed by atoms with E-state index in [1.807, 2.05) is 43.9 Å². The zero-order valence-electron chi connectivity index (χ0n) is 16.7. The molecule has 5 heteroatoms. The number of aromatic carboxylic acids is 1. The normalized spacial score (nSPS) is 10.6. The monoisotopic (exact) mass is 368 g/mol. The summed E-state index contributed by atoms with van der Waals surface area (Å²) in [6.07, 6.45) is 5.04. The molecule has 0 atom stereocenters. The molecule has 0 saturated carbocycles. The van der Waals surface area contributed by atoms with Crippen LogP contribution in [0.1, 0.15) is 56.5 Å². The molecule has 5 nitrogen and oxygen atoms in total. The summed E-state index contributed by atoms with van der Waals surface area (Å²) in [5.41, 5.74) is 4.02. The number of nitrogens with zero attached hydrogens (tertiary/aromatic N) is 2. The Balaban J connectivity index is 2.47. The van der Waals surface area contributed by atoms with Crippen LogP contribution in [0.3, 0.4) is 0 Å². The third kappa shape index (κ3) is 5.09. The Morgan fingerprint density at radius 1 is 1.30 bits per heavy atom. The number of anilines is 2. The van der Waals surface area contributed by atoms with Crippen molar-refractivity contribution in [2.24, 2.45) is 0 Å². The van der Waals surface area contributed by atoms with Gasteiger partial charge in [0.15, 0.2) is 0 Å². The number of hydrogen-bond acceptors (Lipinski definition) is 4. The van der Waals surface area contributed by atoms with Crippen molar-refractivity contribution < 1.29 is 14.6 Å². The van der Waals surface area contributed by atoms with Crippen molar-refractivity contribution in [3.05, 3.63) is 59.4 Å². The van der Waals surface area contributed by atoms with Gasteiger partial charge in [-0.2, -0.15) is 0 Å². The number of ether oxygens (including phenoxy) is 1. The van der Waals surface area contributed by atoms with Gasteiger partial charge in [0.1, 0.15) is 17.9 Å². The highest BCUT2D eigenvalue weighted by molar-refractivity contribution is 5.95. The lowest BCUT2D eigenvalue weighted by atomic mass is 10.0. The predicted molar refractivity (Wildman–Crippen MR) is 109 cm³/mol. The second kappa shape index (κ2) is 9.21. The minimum atomic E-state index is -0.990. The third-order valence-corrected chi connectivity index (χ3v) is 4.30. The van der Waals surface area contributed by atoms with Crippen LogP contribution >= 0.6 is 0 Å². The highest BCUT2D eigenvalue weighted by Gasteiger charge is 2.18. The van der Waals surface area contributed by atoms with E-state index in [0.717, 1.165) is 17.0 Å². The van der Waals surface area contributed by atoms with E-state index >= 15 is 0 Å². The summed E-state index contributed by atoms with van der Waals surface area (Å²) in [5.74, 6) is 0.158. The summed E-state index contributed by atoms with van der Waals surface area (Å²) in [7, 11) is 0. The van der Waals surface area contributed by atoms with Crippen LogP contribution in [0.25, 0.3) is 0 Å². The van der Waals surface area contributed by atoms with Crippen molar-refractivity contribution in [3.63, 3.8) is 0 Å². The number of carboxylic acids is 1. The number of carboxylic acid groups (broad SMARTS) is 1. The van der Waals surface area contributed by atoms with E-state index in [9.17, 15) is 9.90 Å². The van der Waals surface area contributed by atoms with Crippen LogP contribution in [-0.4, -0.2) is 29.2 Å². The SMILES string of the molecule is CCN(c1ccc(C(C)C)c(OCC=C(C)C)c1)c1ccncc1C(=O)O. The van der Waals surface area contributed by atoms with E-state index in [4.69, 9.17) is 4.74 Å². The standard InChI is InChI=1S/C22H28N2O3/c1-6-24(20-9-11-23-14-19(20)22(25)26)17-7-8-18(16(4)5)21(13-17)27-12-10-15(2)3/h7-11,13-14,16H,6,12H2,1-5H3,(H,25,26). The molecule has 27 heavy (non-hydrogen) atoms. The van der Waals surface area contributed by atoms with E-state index < -0.39 is 5.97 Å². The van der Waals surface area contributed by atoms with Crippen molar-refractivity contribution >= 4 is 17.3 Å². The molecule has 0 amide bonds. The Labute approximate surface area is 161 Å². The van der Waals surface area contributed by atoms with Gasteiger partial charge in [-0.05, 0) is 50.5 Å². The van der Waals surface area contributed by atoms with Crippen molar-refractivity contribution in [1.82, 2.24) is 4.98 Å². The van der Waals surface area contributed by atoms with E-state index in [-0.39, 0.29) is 5.56 Å². The first kappa shape index (κ1) is 20.5. The van der Waals surface area contributed by atoms with E-state index in [1.54, 1.807) is 12.3 Å². The molecule has 0 aliphatic rings. The number of benzene rings is 1.